The van der Waals surface area contributed by atoms with Crippen molar-refractivity contribution in [2.75, 3.05) is 0 Å². The molecule has 1 aromatic carbocycles. The number of benzene rings is 1. The third kappa shape index (κ3) is 3.78. The lowest BCUT2D eigenvalue weighted by Crippen LogP contribution is -2.26. The molecule has 2 N–H and O–H groups in total. The molecule has 0 fully saturated rings. The number of aryl methyl sites for hydroxylation is 1. The maximum atomic E-state index is 10.8. The summed E-state index contributed by atoms with van der Waals surface area (Å²) in [6.07, 6.45) is 1.58. The molecule has 1 atom stereocenters. The summed E-state index contributed by atoms with van der Waals surface area (Å²) in [5, 5.41) is 10.8. The minimum atomic E-state index is -0.379. The minimum Gasteiger partial charge on any atom is -0.327 e. The molecule has 0 aliphatic heterocycles. The Morgan fingerprint density at radius 3 is 2.65 bits per heavy atom. The van der Waals surface area contributed by atoms with E-state index in [2.05, 4.69) is 29.8 Å². The molecule has 0 saturated carbocycles. The highest BCUT2D eigenvalue weighted by Gasteiger charge is 2.15. The Morgan fingerprint density at radius 2 is 2.12 bits per heavy atom. The summed E-state index contributed by atoms with van der Waals surface area (Å²) in [5.41, 5.74) is 7.01. The van der Waals surface area contributed by atoms with E-state index in [0.29, 0.717) is 10.4 Å². The number of hydrogen-bond donors (Lipinski definition) is 1. The lowest BCUT2D eigenvalue weighted by atomic mass is 9.97. The summed E-state index contributed by atoms with van der Waals surface area (Å²) in [6, 6.07) is 5.22. The van der Waals surface area contributed by atoms with Gasteiger partial charge in [0, 0.05) is 12.1 Å². The van der Waals surface area contributed by atoms with Crippen molar-refractivity contribution in [2.45, 2.75) is 32.7 Å². The van der Waals surface area contributed by atoms with Gasteiger partial charge in [0.25, 0.3) is 5.69 Å². The normalized spacial score (nSPS) is 12.8. The Morgan fingerprint density at radius 1 is 1.47 bits per heavy atom. The summed E-state index contributed by atoms with van der Waals surface area (Å²) in [6.45, 7) is 4.15. The molecule has 0 aliphatic carbocycles. The Bertz CT molecular complexity index is 407. The topological polar surface area (TPSA) is 69.2 Å². The fourth-order valence-corrected chi connectivity index (χ4v) is 2.16. The zero-order chi connectivity index (χ0) is 13.0. The molecule has 0 saturated heterocycles. The molecule has 0 aliphatic rings. The van der Waals surface area contributed by atoms with Crippen LogP contribution in [0.15, 0.2) is 22.7 Å². The number of nitrogens with zero attached hydrogens (tertiary/aromatic N) is 1. The number of nitrogens with two attached hydrogens (primary N) is 1. The van der Waals surface area contributed by atoms with Gasteiger partial charge >= 0.3 is 0 Å². The number of nitro benzene ring substituents is 1. The molecule has 1 aromatic rings. The quantitative estimate of drug-likeness (QED) is 0.670. The van der Waals surface area contributed by atoms with Gasteiger partial charge in [0.1, 0.15) is 0 Å². The predicted octanol–water partition coefficient (Wildman–Crippen LogP) is 3.27. The van der Waals surface area contributed by atoms with Gasteiger partial charge in [-0.25, -0.2) is 0 Å². The zero-order valence-corrected chi connectivity index (χ0v) is 11.6. The van der Waals surface area contributed by atoms with Gasteiger partial charge in [0.15, 0.2) is 0 Å². The number of hydrogen-bond acceptors (Lipinski definition) is 3. The second-order valence-corrected chi connectivity index (χ2v) is 5.25. The zero-order valence-electron chi connectivity index (χ0n) is 10.0. The van der Waals surface area contributed by atoms with Crippen molar-refractivity contribution < 1.29 is 4.92 Å². The van der Waals surface area contributed by atoms with Gasteiger partial charge in [-0.05, 0) is 40.3 Å². The highest BCUT2D eigenvalue weighted by atomic mass is 79.9. The fraction of sp³-hybridized carbons (Fsp3) is 0.500. The molecule has 1 rings (SSSR count). The molecule has 0 radical (unpaired) electrons. The van der Waals surface area contributed by atoms with Crippen LogP contribution in [0.5, 0.6) is 0 Å². The summed E-state index contributed by atoms with van der Waals surface area (Å²) >= 11 is 3.29. The Balaban J connectivity index is 2.79. The first-order valence-corrected chi connectivity index (χ1v) is 6.40. The second-order valence-electron chi connectivity index (χ2n) is 4.45. The van der Waals surface area contributed by atoms with Crippen molar-refractivity contribution in [3.8, 4) is 0 Å². The van der Waals surface area contributed by atoms with E-state index in [1.165, 1.54) is 6.07 Å². The van der Waals surface area contributed by atoms with Crippen LogP contribution in [0.4, 0.5) is 5.69 Å². The van der Waals surface area contributed by atoms with E-state index in [-0.39, 0.29) is 16.7 Å². The van der Waals surface area contributed by atoms with Crippen LogP contribution < -0.4 is 5.73 Å². The van der Waals surface area contributed by atoms with Crippen molar-refractivity contribution in [1.29, 1.82) is 0 Å². The third-order valence-corrected chi connectivity index (χ3v) is 3.77. The van der Waals surface area contributed by atoms with Gasteiger partial charge in [0.05, 0.1) is 9.40 Å². The van der Waals surface area contributed by atoms with E-state index in [9.17, 15) is 10.1 Å². The molecule has 4 nitrogen and oxygen atoms in total. The molecular weight excluding hydrogens is 284 g/mol. The largest absolute Gasteiger partial charge is 0.327 e. The van der Waals surface area contributed by atoms with Crippen LogP contribution in [-0.2, 0) is 6.42 Å². The van der Waals surface area contributed by atoms with Crippen LogP contribution in [0.3, 0.4) is 0 Å². The predicted molar refractivity (Wildman–Crippen MR) is 71.9 cm³/mol. The van der Waals surface area contributed by atoms with Crippen molar-refractivity contribution in [3.63, 3.8) is 0 Å². The first-order valence-electron chi connectivity index (χ1n) is 5.60. The first kappa shape index (κ1) is 14.1. The van der Waals surface area contributed by atoms with Crippen molar-refractivity contribution in [2.24, 2.45) is 11.7 Å². The van der Waals surface area contributed by atoms with Crippen molar-refractivity contribution in [3.05, 3.63) is 38.3 Å². The smallest absolute Gasteiger partial charge is 0.283 e. The summed E-state index contributed by atoms with van der Waals surface area (Å²) < 4.78 is 0.570. The summed E-state index contributed by atoms with van der Waals surface area (Å²) in [5.74, 6) is 0.424. The molecule has 5 heteroatoms. The molecule has 17 heavy (non-hydrogen) atoms. The van der Waals surface area contributed by atoms with Crippen molar-refractivity contribution in [1.82, 2.24) is 0 Å². The van der Waals surface area contributed by atoms with Gasteiger partial charge in [-0.1, -0.05) is 26.0 Å². The first-order chi connectivity index (χ1) is 7.93. The van der Waals surface area contributed by atoms with Gasteiger partial charge < -0.3 is 5.73 Å². The van der Waals surface area contributed by atoms with Crippen LogP contribution in [-0.4, -0.2) is 11.0 Å². The SMILES string of the molecule is CC(C)C(N)CCc1cccc([N+](=O)[O-])c1Br. The van der Waals surface area contributed by atoms with E-state index in [0.717, 1.165) is 18.4 Å². The van der Waals surface area contributed by atoms with Crippen LogP contribution in [0.1, 0.15) is 25.8 Å². The summed E-state index contributed by atoms with van der Waals surface area (Å²) in [7, 11) is 0. The van der Waals surface area contributed by atoms with Gasteiger partial charge in [0.2, 0.25) is 0 Å². The Kier molecular flexibility index (Phi) is 5.08. The van der Waals surface area contributed by atoms with E-state index in [1.54, 1.807) is 6.07 Å². The standard InChI is InChI=1S/C12H17BrN2O2/c1-8(2)10(14)7-6-9-4-3-5-11(12(9)13)15(16)17/h3-5,8,10H,6-7,14H2,1-2H3. The Hall–Kier alpha value is -0.940. The van der Waals surface area contributed by atoms with E-state index in [1.807, 2.05) is 6.07 Å². The van der Waals surface area contributed by atoms with Gasteiger partial charge in [-0.15, -0.1) is 0 Å². The molecule has 0 spiro atoms. The molecule has 0 aromatic heterocycles. The van der Waals surface area contributed by atoms with Crippen LogP contribution >= 0.6 is 15.9 Å². The fourth-order valence-electron chi connectivity index (χ4n) is 1.56. The van der Waals surface area contributed by atoms with E-state index < -0.39 is 0 Å². The molecule has 94 valence electrons. The third-order valence-electron chi connectivity index (χ3n) is 2.86. The average Bonchev–Trinajstić information content (AvgIpc) is 2.26. The molecule has 0 heterocycles. The monoisotopic (exact) mass is 300 g/mol. The maximum Gasteiger partial charge on any atom is 0.283 e. The Labute approximate surface area is 109 Å². The van der Waals surface area contributed by atoms with Crippen LogP contribution in [0.2, 0.25) is 0 Å². The molecular formula is C12H17BrN2O2. The highest BCUT2D eigenvalue weighted by Crippen LogP contribution is 2.29. The van der Waals surface area contributed by atoms with Gasteiger partial charge in [-0.2, -0.15) is 0 Å². The average molecular weight is 301 g/mol. The van der Waals surface area contributed by atoms with E-state index in [4.69, 9.17) is 5.73 Å². The van der Waals surface area contributed by atoms with Crippen molar-refractivity contribution >= 4 is 21.6 Å². The van der Waals surface area contributed by atoms with Gasteiger partial charge in [-0.3, -0.25) is 10.1 Å². The maximum absolute atomic E-state index is 10.8. The summed E-state index contributed by atoms with van der Waals surface area (Å²) in [4.78, 5) is 10.4. The molecule has 1 unspecified atom stereocenters. The van der Waals surface area contributed by atoms with E-state index >= 15 is 0 Å². The molecule has 0 bridgehead atoms. The number of nitro groups is 1. The van der Waals surface area contributed by atoms with Crippen LogP contribution in [0.25, 0.3) is 0 Å². The second kappa shape index (κ2) is 6.12. The molecule has 0 amide bonds. The minimum absolute atomic E-state index is 0.112. The lowest BCUT2D eigenvalue weighted by Gasteiger charge is -2.15. The highest BCUT2D eigenvalue weighted by molar-refractivity contribution is 9.10. The number of rotatable bonds is 5. The lowest BCUT2D eigenvalue weighted by molar-refractivity contribution is -0.385. The number of halogens is 1. The van der Waals surface area contributed by atoms with Crippen LogP contribution in [0, 0.1) is 16.0 Å².